The molecule has 0 heterocycles. The van der Waals surface area contributed by atoms with Gasteiger partial charge in [0.05, 0.1) is 6.54 Å². The van der Waals surface area contributed by atoms with E-state index in [0.717, 1.165) is 6.40 Å². The lowest BCUT2D eigenvalue weighted by molar-refractivity contribution is 0.635. The third-order valence-electron chi connectivity index (χ3n) is 0.394. The van der Waals surface area contributed by atoms with Gasteiger partial charge in [-0.1, -0.05) is 0 Å². The minimum atomic E-state index is 0.528. The summed E-state index contributed by atoms with van der Waals surface area (Å²) < 4.78 is 4.00. The van der Waals surface area contributed by atoms with E-state index in [-0.39, 0.29) is 0 Å². The highest BCUT2D eigenvalue weighted by molar-refractivity contribution is 6.02. The molecule has 0 rings (SSSR count). The molecule has 38 valence electrons. The summed E-state index contributed by atoms with van der Waals surface area (Å²) in [6, 6.07) is 0. The monoisotopic (exact) mass is 98.1 g/mol. The van der Waals surface area contributed by atoms with Gasteiger partial charge in [0.2, 0.25) is 0 Å². The van der Waals surface area contributed by atoms with Gasteiger partial charge >= 0.3 is 8.05 Å². The van der Waals surface area contributed by atoms with Gasteiger partial charge in [0.1, 0.15) is 6.40 Å². The molecule has 0 unspecified atom stereocenters. The first kappa shape index (κ1) is 6.49. The highest BCUT2D eigenvalue weighted by atomic mass is 16.4. The third kappa shape index (κ3) is 5.49. The Morgan fingerprint density at radius 2 is 2.57 bits per heavy atom. The van der Waals surface area contributed by atoms with Gasteiger partial charge in [-0.15, -0.1) is 0 Å². The molecule has 0 aromatic rings. The van der Waals surface area contributed by atoms with E-state index in [4.69, 9.17) is 5.73 Å². The summed E-state index contributed by atoms with van der Waals surface area (Å²) in [5.74, 6) is 0. The lowest BCUT2D eigenvalue weighted by Crippen LogP contribution is -2.02. The molecule has 0 amide bonds. The Morgan fingerprint density at radius 3 is 3.00 bits per heavy atom. The molecule has 0 aliphatic rings. The second-order valence-corrected chi connectivity index (χ2v) is 0.936. The number of nitrogens with zero attached hydrogens (tertiary/aromatic N) is 1. The fraction of sp³-hybridized carbons (Fsp3) is 0.667. The average Bonchev–Trinajstić information content (AvgIpc) is 1.69. The minimum absolute atomic E-state index is 0.528. The summed E-state index contributed by atoms with van der Waals surface area (Å²) in [5, 5.41) is 0. The van der Waals surface area contributed by atoms with Crippen molar-refractivity contribution in [2.24, 2.45) is 10.7 Å². The predicted octanol–water partition coefficient (Wildman–Crippen LogP) is -0.927. The normalized spacial score (nSPS) is 9.86. The Bertz CT molecular complexity index is 56.9. The Morgan fingerprint density at radius 1 is 1.86 bits per heavy atom. The fourth-order valence-electron chi connectivity index (χ4n) is 0.170. The maximum atomic E-state index is 5.06. The molecule has 0 atom stereocenters. The second kappa shape index (κ2) is 5.49. The fourth-order valence-corrected chi connectivity index (χ4v) is 0.170. The first-order valence-electron chi connectivity index (χ1n) is 1.95. The van der Waals surface area contributed by atoms with Gasteiger partial charge in [0.25, 0.3) is 0 Å². The topological polar surface area (TPSA) is 47.6 Å². The lowest BCUT2D eigenvalue weighted by Gasteiger charge is -1.84. The van der Waals surface area contributed by atoms with Crippen LogP contribution < -0.4 is 5.73 Å². The summed E-state index contributed by atoms with van der Waals surface area (Å²) in [4.78, 5) is 3.61. The number of rotatable bonds is 3. The summed E-state index contributed by atoms with van der Waals surface area (Å²) in [6.45, 7) is 1.09. The van der Waals surface area contributed by atoms with E-state index in [1.54, 1.807) is 0 Å². The molecule has 0 aromatic carbocycles. The Balaban J connectivity index is 2.78. The van der Waals surface area contributed by atoms with Crippen LogP contribution in [-0.2, 0) is 4.65 Å². The largest absolute Gasteiger partial charge is 0.560 e. The van der Waals surface area contributed by atoms with Gasteiger partial charge in [0.15, 0.2) is 0 Å². The maximum absolute atomic E-state index is 5.06. The van der Waals surface area contributed by atoms with E-state index in [0.29, 0.717) is 13.1 Å². The summed E-state index contributed by atoms with van der Waals surface area (Å²) in [7, 11) is 4.58. The van der Waals surface area contributed by atoms with Crippen molar-refractivity contribution < 1.29 is 4.65 Å². The Hall–Kier alpha value is -0.505. The smallest absolute Gasteiger partial charge is 0.375 e. The van der Waals surface area contributed by atoms with E-state index < -0.39 is 0 Å². The molecule has 0 saturated carbocycles. The van der Waals surface area contributed by atoms with Crippen LogP contribution in [0.2, 0.25) is 0 Å². The first-order chi connectivity index (χ1) is 3.41. The van der Waals surface area contributed by atoms with E-state index in [2.05, 4.69) is 17.7 Å². The van der Waals surface area contributed by atoms with Crippen molar-refractivity contribution in [1.82, 2.24) is 0 Å². The predicted molar refractivity (Wildman–Crippen MR) is 29.3 cm³/mol. The molecule has 2 radical (unpaired) electrons. The molecule has 0 fully saturated rings. The highest BCUT2D eigenvalue weighted by Crippen LogP contribution is 1.60. The van der Waals surface area contributed by atoms with Crippen molar-refractivity contribution in [3.05, 3.63) is 0 Å². The molecule has 0 spiro atoms. The molecule has 3 nitrogen and oxygen atoms in total. The van der Waals surface area contributed by atoms with E-state index in [9.17, 15) is 0 Å². The zero-order chi connectivity index (χ0) is 5.54. The number of nitrogens with two attached hydrogens (primary N) is 1. The molecule has 4 heteroatoms. The maximum Gasteiger partial charge on any atom is 0.375 e. The molecule has 0 bridgehead atoms. The first-order valence-corrected chi connectivity index (χ1v) is 1.95. The second-order valence-electron chi connectivity index (χ2n) is 0.936. The SMILES string of the molecule is [B]OC=NCCN. The standard InChI is InChI=1S/C3H7BN2O/c4-7-3-6-2-1-5/h3H,1-2,5H2. The summed E-state index contributed by atoms with van der Waals surface area (Å²) in [5.41, 5.74) is 5.06. The van der Waals surface area contributed by atoms with Gasteiger partial charge < -0.3 is 10.4 Å². The molecule has 0 aromatic heterocycles. The Kier molecular flexibility index (Phi) is 5.10. The molecular formula is C3H7BN2O. The van der Waals surface area contributed by atoms with Crippen LogP contribution in [0.4, 0.5) is 0 Å². The molecular weight excluding hydrogens is 90.9 g/mol. The van der Waals surface area contributed by atoms with Crippen LogP contribution in [0.1, 0.15) is 0 Å². The van der Waals surface area contributed by atoms with Gasteiger partial charge in [-0.3, -0.25) is 4.99 Å². The van der Waals surface area contributed by atoms with Crippen LogP contribution >= 0.6 is 0 Å². The van der Waals surface area contributed by atoms with Crippen LogP contribution in [0, 0.1) is 0 Å². The highest BCUT2D eigenvalue weighted by Gasteiger charge is 1.67. The minimum Gasteiger partial charge on any atom is -0.560 e. The van der Waals surface area contributed by atoms with Crippen molar-refractivity contribution in [3.63, 3.8) is 0 Å². The summed E-state index contributed by atoms with van der Waals surface area (Å²) in [6.07, 6.45) is 1.16. The average molecular weight is 97.9 g/mol. The van der Waals surface area contributed by atoms with Crippen LogP contribution in [0.15, 0.2) is 4.99 Å². The van der Waals surface area contributed by atoms with Crippen molar-refractivity contribution in [2.45, 2.75) is 0 Å². The third-order valence-corrected chi connectivity index (χ3v) is 0.394. The Labute approximate surface area is 44.0 Å². The lowest BCUT2D eigenvalue weighted by atomic mass is 10.6. The molecule has 0 aliphatic carbocycles. The van der Waals surface area contributed by atoms with Crippen LogP contribution in [-0.4, -0.2) is 27.5 Å². The molecule has 2 N–H and O–H groups in total. The van der Waals surface area contributed by atoms with Crippen molar-refractivity contribution in [3.8, 4) is 0 Å². The van der Waals surface area contributed by atoms with Crippen molar-refractivity contribution in [2.75, 3.05) is 13.1 Å². The number of hydrogen-bond acceptors (Lipinski definition) is 3. The van der Waals surface area contributed by atoms with Gasteiger partial charge in [0, 0.05) is 6.54 Å². The molecule has 0 aliphatic heterocycles. The quantitative estimate of drug-likeness (QED) is 0.281. The van der Waals surface area contributed by atoms with Crippen molar-refractivity contribution in [1.29, 1.82) is 0 Å². The van der Waals surface area contributed by atoms with Gasteiger partial charge in [-0.25, -0.2) is 0 Å². The van der Waals surface area contributed by atoms with E-state index >= 15 is 0 Å². The number of aliphatic imine (C=N–C) groups is 1. The van der Waals surface area contributed by atoms with Gasteiger partial charge in [-0.2, -0.15) is 0 Å². The zero-order valence-electron chi connectivity index (χ0n) is 4.00. The van der Waals surface area contributed by atoms with E-state index in [1.807, 2.05) is 0 Å². The van der Waals surface area contributed by atoms with Crippen LogP contribution in [0.25, 0.3) is 0 Å². The summed E-state index contributed by atoms with van der Waals surface area (Å²) >= 11 is 0. The molecule has 0 saturated heterocycles. The van der Waals surface area contributed by atoms with Gasteiger partial charge in [-0.05, 0) is 0 Å². The van der Waals surface area contributed by atoms with Crippen LogP contribution in [0.5, 0.6) is 0 Å². The van der Waals surface area contributed by atoms with Crippen LogP contribution in [0.3, 0.4) is 0 Å². The number of hydrogen-bond donors (Lipinski definition) is 1. The zero-order valence-corrected chi connectivity index (χ0v) is 4.00. The van der Waals surface area contributed by atoms with E-state index in [1.165, 1.54) is 0 Å². The van der Waals surface area contributed by atoms with Crippen molar-refractivity contribution >= 4 is 14.4 Å². The molecule has 7 heavy (non-hydrogen) atoms.